The number of rotatable bonds is 6. The zero-order valence-corrected chi connectivity index (χ0v) is 15.8. The van der Waals surface area contributed by atoms with Crippen LogP contribution in [0, 0.1) is 5.82 Å². The minimum atomic E-state index is -0.506. The predicted molar refractivity (Wildman–Crippen MR) is 108 cm³/mol. The highest BCUT2D eigenvalue weighted by Gasteiger charge is 2.27. The molecule has 0 aliphatic carbocycles. The number of ketones is 1. The van der Waals surface area contributed by atoms with Gasteiger partial charge in [-0.1, -0.05) is 42.5 Å². The molecule has 6 heteroatoms. The van der Waals surface area contributed by atoms with E-state index < -0.39 is 5.97 Å². The van der Waals surface area contributed by atoms with Crippen LogP contribution in [0.25, 0.3) is 6.08 Å². The first-order valence-electron chi connectivity index (χ1n) is 9.25. The van der Waals surface area contributed by atoms with E-state index in [1.54, 1.807) is 36.4 Å². The van der Waals surface area contributed by atoms with Crippen molar-refractivity contribution >= 4 is 17.8 Å². The second-order valence-electron chi connectivity index (χ2n) is 6.58. The summed E-state index contributed by atoms with van der Waals surface area (Å²) in [6.45, 7) is -0.0970. The van der Waals surface area contributed by atoms with Crippen LogP contribution >= 0.6 is 0 Å². The maximum absolute atomic E-state index is 13.0. The van der Waals surface area contributed by atoms with Crippen LogP contribution in [0.2, 0.25) is 0 Å². The first-order valence-corrected chi connectivity index (χ1v) is 9.25. The average Bonchev–Trinajstić information content (AvgIpc) is 3.07. The van der Waals surface area contributed by atoms with Gasteiger partial charge in [0, 0.05) is 6.07 Å². The maximum Gasteiger partial charge on any atom is 0.344 e. The summed E-state index contributed by atoms with van der Waals surface area (Å²) in [6.07, 6.45) is 1.54. The Morgan fingerprint density at radius 1 is 1.00 bits per heavy atom. The molecule has 0 fully saturated rings. The van der Waals surface area contributed by atoms with Crippen molar-refractivity contribution in [1.82, 2.24) is 0 Å². The van der Waals surface area contributed by atoms with Gasteiger partial charge in [-0.2, -0.15) is 0 Å². The fraction of sp³-hybridized carbons (Fsp3) is 0.0833. The quantitative estimate of drug-likeness (QED) is 0.445. The molecular formula is C24H17FO5. The Morgan fingerprint density at radius 3 is 2.53 bits per heavy atom. The molecule has 0 saturated carbocycles. The highest BCUT2D eigenvalue weighted by atomic mass is 19.1. The Bertz CT molecular complexity index is 1100. The first-order chi connectivity index (χ1) is 14.6. The van der Waals surface area contributed by atoms with Gasteiger partial charge in [-0.15, -0.1) is 0 Å². The van der Waals surface area contributed by atoms with E-state index in [1.807, 2.05) is 30.3 Å². The number of carbonyl (C=O) groups is 2. The van der Waals surface area contributed by atoms with Crippen molar-refractivity contribution in [2.75, 3.05) is 6.61 Å². The van der Waals surface area contributed by atoms with Crippen molar-refractivity contribution in [2.24, 2.45) is 0 Å². The fourth-order valence-corrected chi connectivity index (χ4v) is 2.89. The molecule has 150 valence electrons. The summed E-state index contributed by atoms with van der Waals surface area (Å²) in [4.78, 5) is 24.4. The van der Waals surface area contributed by atoms with Crippen molar-refractivity contribution in [3.05, 3.63) is 101 Å². The molecule has 0 amide bonds. The molecule has 0 bridgehead atoms. The van der Waals surface area contributed by atoms with Crippen LogP contribution in [0.5, 0.6) is 11.5 Å². The third-order valence-electron chi connectivity index (χ3n) is 4.41. The van der Waals surface area contributed by atoms with Crippen molar-refractivity contribution in [3.63, 3.8) is 0 Å². The van der Waals surface area contributed by atoms with Gasteiger partial charge in [0.05, 0.1) is 5.56 Å². The second kappa shape index (κ2) is 8.61. The molecule has 0 spiro atoms. The molecule has 3 aromatic carbocycles. The van der Waals surface area contributed by atoms with Gasteiger partial charge in [0.25, 0.3) is 0 Å². The van der Waals surface area contributed by atoms with E-state index in [-0.39, 0.29) is 30.6 Å². The fourth-order valence-electron chi connectivity index (χ4n) is 2.89. The number of fused-ring (bicyclic) bond motifs is 1. The summed E-state index contributed by atoms with van der Waals surface area (Å²) in [6, 6.07) is 19.8. The lowest BCUT2D eigenvalue weighted by atomic mass is 10.1. The molecule has 30 heavy (non-hydrogen) atoms. The molecule has 0 aromatic heterocycles. The Labute approximate surface area is 172 Å². The van der Waals surface area contributed by atoms with E-state index in [0.29, 0.717) is 22.6 Å². The minimum Gasteiger partial charge on any atom is -0.482 e. The van der Waals surface area contributed by atoms with Crippen LogP contribution in [-0.2, 0) is 16.1 Å². The summed E-state index contributed by atoms with van der Waals surface area (Å²) in [5.41, 5.74) is 1.92. The molecule has 5 nitrogen and oxygen atoms in total. The Morgan fingerprint density at radius 2 is 1.77 bits per heavy atom. The SMILES string of the molecule is O=C(COc1ccc2c(c1)OC(=Cc1ccc(F)cc1)C2=O)OCc1ccccc1. The molecule has 0 unspecified atom stereocenters. The number of halogens is 1. The lowest BCUT2D eigenvalue weighted by Crippen LogP contribution is -2.14. The third-order valence-corrected chi connectivity index (χ3v) is 4.41. The number of Topliss-reactive ketones (excluding diaryl/α,β-unsaturated/α-hetero) is 1. The molecule has 0 saturated heterocycles. The van der Waals surface area contributed by atoms with E-state index in [9.17, 15) is 14.0 Å². The van der Waals surface area contributed by atoms with Crippen LogP contribution in [0.3, 0.4) is 0 Å². The molecule has 1 aliphatic rings. The smallest absolute Gasteiger partial charge is 0.344 e. The highest BCUT2D eigenvalue weighted by Crippen LogP contribution is 2.34. The average molecular weight is 404 g/mol. The van der Waals surface area contributed by atoms with Crippen molar-refractivity contribution < 1.29 is 28.2 Å². The summed E-state index contributed by atoms with van der Waals surface area (Å²) >= 11 is 0. The highest BCUT2D eigenvalue weighted by molar-refractivity contribution is 6.14. The van der Waals surface area contributed by atoms with Gasteiger partial charge in [0.15, 0.2) is 12.4 Å². The topological polar surface area (TPSA) is 61.8 Å². The standard InChI is InChI=1S/C24H17FO5/c25-18-8-6-16(7-9-18)12-22-24(27)20-11-10-19(13-21(20)30-22)28-15-23(26)29-14-17-4-2-1-3-5-17/h1-13H,14-15H2. The van der Waals surface area contributed by atoms with Gasteiger partial charge in [-0.25, -0.2) is 9.18 Å². The second-order valence-corrected chi connectivity index (χ2v) is 6.58. The van der Waals surface area contributed by atoms with Crippen molar-refractivity contribution in [2.45, 2.75) is 6.61 Å². The van der Waals surface area contributed by atoms with Gasteiger partial charge < -0.3 is 14.2 Å². The Kier molecular flexibility index (Phi) is 5.57. The van der Waals surface area contributed by atoms with Gasteiger partial charge in [0.2, 0.25) is 5.78 Å². The van der Waals surface area contributed by atoms with Crippen molar-refractivity contribution in [3.8, 4) is 11.5 Å². The van der Waals surface area contributed by atoms with Crippen molar-refractivity contribution in [1.29, 1.82) is 0 Å². The summed E-state index contributed by atoms with van der Waals surface area (Å²) in [5, 5.41) is 0. The molecule has 0 N–H and O–H groups in total. The van der Waals surface area contributed by atoms with Gasteiger partial charge >= 0.3 is 5.97 Å². The number of hydrogen-bond donors (Lipinski definition) is 0. The zero-order chi connectivity index (χ0) is 20.9. The number of esters is 1. The molecular weight excluding hydrogens is 387 g/mol. The molecule has 3 aromatic rings. The first kappa shape index (κ1) is 19.4. The number of hydrogen-bond acceptors (Lipinski definition) is 5. The largest absolute Gasteiger partial charge is 0.482 e. The van der Waals surface area contributed by atoms with E-state index in [4.69, 9.17) is 14.2 Å². The number of benzene rings is 3. The van der Waals surface area contributed by atoms with Crippen LogP contribution in [0.4, 0.5) is 4.39 Å². The summed E-state index contributed by atoms with van der Waals surface area (Å²) < 4.78 is 29.3. The third kappa shape index (κ3) is 4.55. The minimum absolute atomic E-state index is 0.135. The number of allylic oxidation sites excluding steroid dienone is 1. The lowest BCUT2D eigenvalue weighted by Gasteiger charge is -2.08. The van der Waals surface area contributed by atoms with Crippen LogP contribution in [0.15, 0.2) is 78.6 Å². The van der Waals surface area contributed by atoms with Crippen LogP contribution in [0.1, 0.15) is 21.5 Å². The number of ether oxygens (including phenoxy) is 3. The van der Waals surface area contributed by atoms with E-state index in [1.165, 1.54) is 12.1 Å². The monoisotopic (exact) mass is 404 g/mol. The summed E-state index contributed by atoms with van der Waals surface area (Å²) in [7, 11) is 0. The van der Waals surface area contributed by atoms with Crippen LogP contribution < -0.4 is 9.47 Å². The normalized spacial score (nSPS) is 13.6. The predicted octanol–water partition coefficient (Wildman–Crippen LogP) is 4.56. The maximum atomic E-state index is 13.0. The van der Waals surface area contributed by atoms with E-state index >= 15 is 0 Å². The zero-order valence-electron chi connectivity index (χ0n) is 15.8. The molecule has 1 heterocycles. The lowest BCUT2D eigenvalue weighted by molar-refractivity contribution is -0.147. The molecule has 0 atom stereocenters. The molecule has 0 radical (unpaired) electrons. The van der Waals surface area contributed by atoms with Crippen LogP contribution in [-0.4, -0.2) is 18.4 Å². The Balaban J connectivity index is 1.36. The van der Waals surface area contributed by atoms with Gasteiger partial charge in [0.1, 0.15) is 23.9 Å². The number of carbonyl (C=O) groups excluding carboxylic acids is 2. The summed E-state index contributed by atoms with van der Waals surface area (Å²) in [5.74, 6) is -0.291. The van der Waals surface area contributed by atoms with E-state index in [2.05, 4.69) is 0 Å². The van der Waals surface area contributed by atoms with Gasteiger partial charge in [-0.3, -0.25) is 4.79 Å². The van der Waals surface area contributed by atoms with E-state index in [0.717, 1.165) is 5.56 Å². The molecule has 1 aliphatic heterocycles. The Hall–Kier alpha value is -3.93. The molecule has 4 rings (SSSR count). The van der Waals surface area contributed by atoms with Gasteiger partial charge in [-0.05, 0) is 41.5 Å².